The van der Waals surface area contributed by atoms with Crippen LogP contribution in [0.4, 0.5) is 0 Å². The molecular weight excluding hydrogens is 230 g/mol. The van der Waals surface area contributed by atoms with Crippen LogP contribution in [0, 0.1) is 17.2 Å². The third-order valence-corrected chi connectivity index (χ3v) is 3.81. The van der Waals surface area contributed by atoms with Crippen LogP contribution in [0.25, 0.3) is 0 Å². The van der Waals surface area contributed by atoms with Crippen LogP contribution in [-0.2, 0) is 0 Å². The Balaban J connectivity index is 2.36. The summed E-state index contributed by atoms with van der Waals surface area (Å²) in [4.78, 5) is 25.4. The monoisotopic (exact) mass is 247 g/mol. The summed E-state index contributed by atoms with van der Waals surface area (Å²) in [6.07, 6.45) is 6.71. The zero-order valence-corrected chi connectivity index (χ0v) is 10.5. The first-order chi connectivity index (χ1) is 8.65. The summed E-state index contributed by atoms with van der Waals surface area (Å²) in [6.45, 7) is 2.16. The lowest BCUT2D eigenvalue weighted by molar-refractivity contribution is 0.255. The van der Waals surface area contributed by atoms with Gasteiger partial charge in [-0.15, -0.1) is 0 Å². The highest BCUT2D eigenvalue weighted by molar-refractivity contribution is 5.21. The summed E-state index contributed by atoms with van der Waals surface area (Å²) in [5.74, 6) is 0.633. The maximum atomic E-state index is 11.8. The van der Waals surface area contributed by atoms with Gasteiger partial charge in [-0.3, -0.25) is 14.3 Å². The largest absolute Gasteiger partial charge is 0.328 e. The van der Waals surface area contributed by atoms with Crippen LogP contribution in [0.2, 0.25) is 0 Å². The van der Waals surface area contributed by atoms with Crippen LogP contribution >= 0.6 is 0 Å². The fourth-order valence-corrected chi connectivity index (χ4v) is 2.72. The molecule has 5 nitrogen and oxygen atoms in total. The normalized spacial score (nSPS) is 23.6. The number of hydrogen-bond acceptors (Lipinski definition) is 3. The van der Waals surface area contributed by atoms with Gasteiger partial charge >= 0.3 is 5.69 Å². The average molecular weight is 247 g/mol. The van der Waals surface area contributed by atoms with Gasteiger partial charge in [-0.25, -0.2) is 4.79 Å². The minimum Gasteiger partial charge on any atom is -0.296 e. The van der Waals surface area contributed by atoms with E-state index in [1.54, 1.807) is 0 Å². The van der Waals surface area contributed by atoms with Crippen LogP contribution in [-0.4, -0.2) is 9.55 Å². The zero-order chi connectivity index (χ0) is 13.1. The van der Waals surface area contributed by atoms with Gasteiger partial charge in [0.15, 0.2) is 0 Å². The predicted octanol–water partition coefficient (Wildman–Crippen LogP) is 1.55. The molecule has 0 amide bonds. The van der Waals surface area contributed by atoms with Crippen molar-refractivity contribution in [3.05, 3.63) is 32.6 Å². The number of nitrogens with zero attached hydrogens (tertiary/aromatic N) is 2. The van der Waals surface area contributed by atoms with Crippen LogP contribution in [0.5, 0.6) is 0 Å². The van der Waals surface area contributed by atoms with Crippen LogP contribution in [0.3, 0.4) is 0 Å². The van der Waals surface area contributed by atoms with E-state index in [1.165, 1.54) is 17.2 Å². The minimum absolute atomic E-state index is 0.00761. The Bertz CT molecular complexity index is 579. The topological polar surface area (TPSA) is 78.7 Å². The number of rotatable bonds is 2. The quantitative estimate of drug-likeness (QED) is 0.861. The molecule has 2 atom stereocenters. The van der Waals surface area contributed by atoms with Gasteiger partial charge in [-0.1, -0.05) is 26.2 Å². The van der Waals surface area contributed by atoms with Gasteiger partial charge in [0.25, 0.3) is 5.56 Å². The first-order valence-electron chi connectivity index (χ1n) is 6.41. The Kier molecular flexibility index (Phi) is 3.66. The lowest BCUT2D eigenvalue weighted by Gasteiger charge is -2.29. The van der Waals surface area contributed by atoms with Crippen LogP contribution in [0.1, 0.15) is 50.6 Å². The maximum Gasteiger partial charge on any atom is 0.328 e. The van der Waals surface area contributed by atoms with E-state index in [2.05, 4.69) is 11.9 Å². The molecular formula is C13H17N3O2. The van der Waals surface area contributed by atoms with Crippen molar-refractivity contribution >= 4 is 0 Å². The SMILES string of the molecule is CCC1CCCC(n2cc(C#N)c(=O)[nH]c2=O)C1. The van der Waals surface area contributed by atoms with Crippen LogP contribution < -0.4 is 11.2 Å². The Morgan fingerprint density at radius 2 is 2.28 bits per heavy atom. The first kappa shape index (κ1) is 12.6. The van der Waals surface area contributed by atoms with E-state index in [1.807, 2.05) is 6.07 Å². The fourth-order valence-electron chi connectivity index (χ4n) is 2.72. The van der Waals surface area contributed by atoms with E-state index < -0.39 is 11.2 Å². The smallest absolute Gasteiger partial charge is 0.296 e. The molecule has 1 aliphatic rings. The van der Waals surface area contributed by atoms with Crippen molar-refractivity contribution in [2.45, 2.75) is 45.1 Å². The zero-order valence-electron chi connectivity index (χ0n) is 10.5. The van der Waals surface area contributed by atoms with Crippen molar-refractivity contribution in [1.82, 2.24) is 9.55 Å². The highest BCUT2D eigenvalue weighted by Gasteiger charge is 2.23. The number of nitriles is 1. The molecule has 5 heteroatoms. The molecule has 1 heterocycles. The molecule has 0 bridgehead atoms. The predicted molar refractivity (Wildman–Crippen MR) is 67.3 cm³/mol. The van der Waals surface area contributed by atoms with Gasteiger partial charge in [0.1, 0.15) is 11.6 Å². The fraction of sp³-hybridized carbons (Fsp3) is 0.615. The minimum atomic E-state index is -0.596. The molecule has 1 fully saturated rings. The lowest BCUT2D eigenvalue weighted by Crippen LogP contribution is -2.35. The van der Waals surface area contributed by atoms with Crippen molar-refractivity contribution < 1.29 is 0 Å². The maximum absolute atomic E-state index is 11.8. The van der Waals surface area contributed by atoms with Crippen molar-refractivity contribution in [2.24, 2.45) is 5.92 Å². The molecule has 0 saturated heterocycles. The summed E-state index contributed by atoms with van der Waals surface area (Å²) in [6, 6.07) is 1.93. The molecule has 18 heavy (non-hydrogen) atoms. The summed E-state index contributed by atoms with van der Waals surface area (Å²) < 4.78 is 1.53. The van der Waals surface area contributed by atoms with E-state index in [0.29, 0.717) is 5.92 Å². The molecule has 2 rings (SSSR count). The summed E-state index contributed by atoms with van der Waals surface area (Å²) in [7, 11) is 0. The molecule has 96 valence electrons. The number of nitrogens with one attached hydrogen (secondary N) is 1. The molecule has 0 radical (unpaired) electrons. The van der Waals surface area contributed by atoms with Crippen molar-refractivity contribution in [3.63, 3.8) is 0 Å². The summed E-state index contributed by atoms with van der Waals surface area (Å²) in [5, 5.41) is 8.84. The summed E-state index contributed by atoms with van der Waals surface area (Å²) >= 11 is 0. The number of hydrogen-bond donors (Lipinski definition) is 1. The molecule has 1 aromatic heterocycles. The standard InChI is InChI=1S/C13H17N3O2/c1-2-9-4-3-5-11(6-9)16-8-10(7-14)12(17)15-13(16)18/h8-9,11H,2-6H2,1H3,(H,15,17,18). The van der Waals surface area contributed by atoms with E-state index >= 15 is 0 Å². The van der Waals surface area contributed by atoms with Crippen LogP contribution in [0.15, 0.2) is 15.8 Å². The van der Waals surface area contributed by atoms with Gasteiger partial charge in [-0.2, -0.15) is 5.26 Å². The Hall–Kier alpha value is -1.83. The Morgan fingerprint density at radius 1 is 1.50 bits per heavy atom. The second-order valence-corrected chi connectivity index (χ2v) is 4.92. The molecule has 1 saturated carbocycles. The average Bonchev–Trinajstić information content (AvgIpc) is 2.39. The molecule has 0 aromatic carbocycles. The van der Waals surface area contributed by atoms with Gasteiger partial charge in [0, 0.05) is 12.2 Å². The molecule has 1 aliphatic carbocycles. The van der Waals surface area contributed by atoms with Gasteiger partial charge in [0.2, 0.25) is 0 Å². The van der Waals surface area contributed by atoms with Gasteiger partial charge in [0.05, 0.1) is 0 Å². The lowest BCUT2D eigenvalue weighted by atomic mass is 9.84. The van der Waals surface area contributed by atoms with Crippen molar-refractivity contribution in [2.75, 3.05) is 0 Å². The van der Waals surface area contributed by atoms with Gasteiger partial charge < -0.3 is 0 Å². The van der Waals surface area contributed by atoms with E-state index in [9.17, 15) is 9.59 Å². The number of aromatic nitrogens is 2. The van der Waals surface area contributed by atoms with E-state index in [0.717, 1.165) is 25.7 Å². The third kappa shape index (κ3) is 2.37. The van der Waals surface area contributed by atoms with E-state index in [4.69, 9.17) is 5.26 Å². The molecule has 1 aromatic rings. The highest BCUT2D eigenvalue weighted by Crippen LogP contribution is 2.33. The third-order valence-electron chi connectivity index (χ3n) is 3.81. The Labute approximate surface area is 105 Å². The van der Waals surface area contributed by atoms with Crippen molar-refractivity contribution in [3.8, 4) is 6.07 Å². The molecule has 0 spiro atoms. The van der Waals surface area contributed by atoms with Crippen molar-refractivity contribution in [1.29, 1.82) is 5.26 Å². The Morgan fingerprint density at radius 3 is 2.94 bits per heavy atom. The van der Waals surface area contributed by atoms with E-state index in [-0.39, 0.29) is 11.6 Å². The molecule has 2 unspecified atom stereocenters. The first-order valence-corrected chi connectivity index (χ1v) is 6.41. The number of H-pyrrole nitrogens is 1. The molecule has 0 aliphatic heterocycles. The number of aromatic amines is 1. The second kappa shape index (κ2) is 5.21. The molecule has 1 N–H and O–H groups in total. The summed E-state index contributed by atoms with van der Waals surface area (Å²) in [5.41, 5.74) is -0.990. The van der Waals surface area contributed by atoms with Gasteiger partial charge in [-0.05, 0) is 18.8 Å². The second-order valence-electron chi connectivity index (χ2n) is 4.92. The highest BCUT2D eigenvalue weighted by atomic mass is 16.2.